The second-order valence-corrected chi connectivity index (χ2v) is 7.08. The lowest BCUT2D eigenvalue weighted by atomic mass is 10.1. The Morgan fingerprint density at radius 2 is 2.04 bits per heavy atom. The third-order valence-electron chi connectivity index (χ3n) is 5.35. The molecule has 3 heterocycles. The molecule has 8 heteroatoms. The average Bonchev–Trinajstić information content (AvgIpc) is 3.12. The third-order valence-corrected chi connectivity index (χ3v) is 5.35. The number of β-amino-alcohol motifs (C(OH)–C–C–N with tert-alkyl or cyclic N) is 1. The van der Waals surface area contributed by atoms with Crippen molar-refractivity contribution in [3.8, 4) is 0 Å². The zero-order chi connectivity index (χ0) is 17.6. The average molecular weight is 354 g/mol. The summed E-state index contributed by atoms with van der Waals surface area (Å²) in [5.41, 5.74) is 0. The largest absolute Gasteiger partial charge is 0.395 e. The van der Waals surface area contributed by atoms with Crippen LogP contribution in [0.4, 0.5) is 0 Å². The van der Waals surface area contributed by atoms with E-state index in [0.717, 1.165) is 39.1 Å². The van der Waals surface area contributed by atoms with E-state index in [-0.39, 0.29) is 30.9 Å². The van der Waals surface area contributed by atoms with Crippen molar-refractivity contribution in [2.45, 2.75) is 31.4 Å². The minimum Gasteiger partial charge on any atom is -0.395 e. The van der Waals surface area contributed by atoms with E-state index in [1.165, 1.54) is 0 Å². The lowest BCUT2D eigenvalue weighted by Crippen LogP contribution is -2.58. The third kappa shape index (κ3) is 4.91. The second kappa shape index (κ2) is 8.93. The first-order valence-electron chi connectivity index (χ1n) is 9.42. The Morgan fingerprint density at radius 3 is 2.72 bits per heavy atom. The summed E-state index contributed by atoms with van der Waals surface area (Å²) in [7, 11) is 0. The summed E-state index contributed by atoms with van der Waals surface area (Å²) in [4.78, 5) is 31.1. The Hall–Kier alpha value is -1.22. The van der Waals surface area contributed by atoms with Crippen molar-refractivity contribution in [3.63, 3.8) is 0 Å². The molecule has 3 fully saturated rings. The summed E-state index contributed by atoms with van der Waals surface area (Å²) >= 11 is 0. The van der Waals surface area contributed by atoms with E-state index >= 15 is 0 Å². The van der Waals surface area contributed by atoms with Crippen LogP contribution in [0.1, 0.15) is 19.3 Å². The Morgan fingerprint density at radius 1 is 1.24 bits per heavy atom. The molecular formula is C17H30N4O4. The highest BCUT2D eigenvalue weighted by molar-refractivity contribution is 5.89. The minimum atomic E-state index is -0.418. The van der Waals surface area contributed by atoms with E-state index in [1.807, 2.05) is 9.80 Å². The number of aliphatic hydroxyl groups is 1. The highest BCUT2D eigenvalue weighted by atomic mass is 16.5. The summed E-state index contributed by atoms with van der Waals surface area (Å²) in [6, 6.07) is -0.418. The first-order chi connectivity index (χ1) is 12.2. The van der Waals surface area contributed by atoms with Gasteiger partial charge in [0.2, 0.25) is 11.8 Å². The topological polar surface area (TPSA) is 85.4 Å². The number of amides is 2. The molecule has 0 saturated carbocycles. The molecule has 0 aromatic carbocycles. The maximum absolute atomic E-state index is 12.7. The lowest BCUT2D eigenvalue weighted by molar-refractivity contribution is -0.142. The molecule has 3 aliphatic heterocycles. The van der Waals surface area contributed by atoms with Gasteiger partial charge in [-0.25, -0.2) is 0 Å². The smallest absolute Gasteiger partial charge is 0.240 e. The van der Waals surface area contributed by atoms with Gasteiger partial charge in [-0.15, -0.1) is 0 Å². The molecule has 0 radical (unpaired) electrons. The lowest BCUT2D eigenvalue weighted by Gasteiger charge is -2.37. The molecule has 2 unspecified atom stereocenters. The van der Waals surface area contributed by atoms with E-state index in [1.54, 1.807) is 0 Å². The molecule has 0 aromatic heterocycles. The van der Waals surface area contributed by atoms with Gasteiger partial charge in [0.05, 0.1) is 25.2 Å². The predicted molar refractivity (Wildman–Crippen MR) is 92.1 cm³/mol. The molecule has 25 heavy (non-hydrogen) atoms. The molecule has 2 N–H and O–H groups in total. The normalized spacial score (nSPS) is 28.6. The van der Waals surface area contributed by atoms with Crippen LogP contribution in [0.2, 0.25) is 0 Å². The molecule has 142 valence electrons. The highest BCUT2D eigenvalue weighted by Crippen LogP contribution is 2.16. The number of aliphatic hydroxyl groups excluding tert-OH is 1. The van der Waals surface area contributed by atoms with Gasteiger partial charge >= 0.3 is 0 Å². The quantitative estimate of drug-likeness (QED) is 0.603. The molecular weight excluding hydrogens is 324 g/mol. The van der Waals surface area contributed by atoms with Gasteiger partial charge in [0.1, 0.15) is 0 Å². The van der Waals surface area contributed by atoms with Crippen molar-refractivity contribution in [3.05, 3.63) is 0 Å². The Bertz CT molecular complexity index is 462. The van der Waals surface area contributed by atoms with Gasteiger partial charge in [-0.3, -0.25) is 14.5 Å². The standard InChI is InChI=1S/C17H30N4O4/c22-10-9-19-5-7-20(8-6-19)16(23)12-15-17(24)21(4-3-18-15)13-14-2-1-11-25-14/h14-15,18,22H,1-13H2. The van der Waals surface area contributed by atoms with Gasteiger partial charge in [0.15, 0.2) is 0 Å². The van der Waals surface area contributed by atoms with Gasteiger partial charge in [0, 0.05) is 59.0 Å². The number of nitrogens with zero attached hydrogens (tertiary/aromatic N) is 3. The van der Waals surface area contributed by atoms with Crippen molar-refractivity contribution < 1.29 is 19.4 Å². The summed E-state index contributed by atoms with van der Waals surface area (Å²) in [6.07, 6.45) is 2.45. The zero-order valence-corrected chi connectivity index (χ0v) is 14.9. The maximum atomic E-state index is 12.7. The summed E-state index contributed by atoms with van der Waals surface area (Å²) in [5, 5.41) is 12.2. The van der Waals surface area contributed by atoms with E-state index in [2.05, 4.69) is 10.2 Å². The SMILES string of the molecule is O=C(CC1NCCN(CC2CCCO2)C1=O)N1CCN(CCO)CC1. The monoisotopic (exact) mass is 354 g/mol. The number of carbonyl (C=O) groups is 2. The molecule has 0 spiro atoms. The highest BCUT2D eigenvalue weighted by Gasteiger charge is 2.33. The van der Waals surface area contributed by atoms with Crippen LogP contribution in [0, 0.1) is 0 Å². The van der Waals surface area contributed by atoms with Gasteiger partial charge < -0.3 is 25.0 Å². The van der Waals surface area contributed by atoms with Crippen molar-refractivity contribution in [1.29, 1.82) is 0 Å². The van der Waals surface area contributed by atoms with E-state index < -0.39 is 6.04 Å². The molecule has 0 bridgehead atoms. The molecule has 0 aromatic rings. The number of piperazine rings is 2. The molecule has 3 aliphatic rings. The summed E-state index contributed by atoms with van der Waals surface area (Å²) < 4.78 is 5.63. The van der Waals surface area contributed by atoms with Crippen LogP contribution >= 0.6 is 0 Å². The van der Waals surface area contributed by atoms with Crippen molar-refractivity contribution in [2.24, 2.45) is 0 Å². The van der Waals surface area contributed by atoms with Crippen molar-refractivity contribution >= 4 is 11.8 Å². The number of hydrogen-bond acceptors (Lipinski definition) is 6. The predicted octanol–water partition coefficient (Wildman–Crippen LogP) is -1.51. The Labute approximate surface area is 149 Å². The van der Waals surface area contributed by atoms with Crippen LogP contribution < -0.4 is 5.32 Å². The molecule has 3 rings (SSSR count). The van der Waals surface area contributed by atoms with E-state index in [0.29, 0.717) is 32.7 Å². The van der Waals surface area contributed by atoms with Crippen LogP contribution in [0.25, 0.3) is 0 Å². The van der Waals surface area contributed by atoms with Crippen LogP contribution in [0.15, 0.2) is 0 Å². The number of hydrogen-bond donors (Lipinski definition) is 2. The molecule has 2 amide bonds. The maximum Gasteiger partial charge on any atom is 0.240 e. The fourth-order valence-electron chi connectivity index (χ4n) is 3.83. The zero-order valence-electron chi connectivity index (χ0n) is 14.9. The number of ether oxygens (including phenoxy) is 1. The Balaban J connectivity index is 1.46. The summed E-state index contributed by atoms with van der Waals surface area (Å²) in [5.74, 6) is 0.0579. The fourth-order valence-corrected chi connectivity index (χ4v) is 3.83. The van der Waals surface area contributed by atoms with Gasteiger partial charge in [-0.1, -0.05) is 0 Å². The summed E-state index contributed by atoms with van der Waals surface area (Å²) in [6.45, 7) is 6.54. The second-order valence-electron chi connectivity index (χ2n) is 7.08. The Kier molecular flexibility index (Phi) is 6.63. The van der Waals surface area contributed by atoms with Gasteiger partial charge in [-0.2, -0.15) is 0 Å². The molecule has 0 aliphatic carbocycles. The first kappa shape index (κ1) is 18.6. The molecule has 8 nitrogen and oxygen atoms in total. The van der Waals surface area contributed by atoms with E-state index in [9.17, 15) is 9.59 Å². The number of carbonyl (C=O) groups excluding carboxylic acids is 2. The van der Waals surface area contributed by atoms with Crippen LogP contribution in [-0.2, 0) is 14.3 Å². The number of rotatable bonds is 6. The van der Waals surface area contributed by atoms with Crippen LogP contribution in [0.3, 0.4) is 0 Å². The number of nitrogens with one attached hydrogen (secondary N) is 1. The first-order valence-corrected chi connectivity index (χ1v) is 9.42. The molecule has 3 saturated heterocycles. The van der Waals surface area contributed by atoms with Crippen LogP contribution in [-0.4, -0.2) is 109 Å². The van der Waals surface area contributed by atoms with Gasteiger partial charge in [0.25, 0.3) is 0 Å². The fraction of sp³-hybridized carbons (Fsp3) is 0.882. The van der Waals surface area contributed by atoms with Crippen LogP contribution in [0.5, 0.6) is 0 Å². The minimum absolute atomic E-state index is 0.0222. The van der Waals surface area contributed by atoms with Crippen molar-refractivity contribution in [2.75, 3.05) is 65.6 Å². The molecule has 2 atom stereocenters. The van der Waals surface area contributed by atoms with Crippen molar-refractivity contribution in [1.82, 2.24) is 20.0 Å². The van der Waals surface area contributed by atoms with E-state index in [4.69, 9.17) is 9.84 Å². The van der Waals surface area contributed by atoms with Gasteiger partial charge in [-0.05, 0) is 12.8 Å².